The van der Waals surface area contributed by atoms with Gasteiger partial charge < -0.3 is 15.4 Å². The maximum absolute atomic E-state index is 11.8. The summed E-state index contributed by atoms with van der Waals surface area (Å²) in [7, 11) is 1.56. The number of hydrogen-bond acceptors (Lipinski definition) is 6. The van der Waals surface area contributed by atoms with Crippen molar-refractivity contribution in [2.75, 3.05) is 12.4 Å². The van der Waals surface area contributed by atoms with Crippen LogP contribution in [0.1, 0.15) is 10.5 Å². The summed E-state index contributed by atoms with van der Waals surface area (Å²) < 4.78 is 5.90. The van der Waals surface area contributed by atoms with E-state index in [0.29, 0.717) is 23.1 Å². The number of nitrogens with one attached hydrogen (secondary N) is 2. The standard InChI is InChI=1S/C25H19N5O2/c1-26-24(31)23-14-21(10-11-27-23)32-20-8-9-22-18(13-20)15-28-25(30-22)29-19-7-6-16-4-2-3-5-17(16)12-19/h2-15H,1H3,(H,26,31)(H,28,29,30). The molecule has 0 spiro atoms. The molecule has 0 aliphatic heterocycles. The van der Waals surface area contributed by atoms with Crippen LogP contribution in [0.4, 0.5) is 11.6 Å². The molecule has 0 aliphatic carbocycles. The second-order valence-corrected chi connectivity index (χ2v) is 7.16. The number of hydrogen-bond donors (Lipinski definition) is 2. The third-order valence-corrected chi connectivity index (χ3v) is 4.98. The number of nitrogens with zero attached hydrogens (tertiary/aromatic N) is 3. The second-order valence-electron chi connectivity index (χ2n) is 7.16. The summed E-state index contributed by atoms with van der Waals surface area (Å²) >= 11 is 0. The normalized spacial score (nSPS) is 10.8. The molecule has 0 fully saturated rings. The predicted molar refractivity (Wildman–Crippen MR) is 124 cm³/mol. The molecule has 0 saturated carbocycles. The van der Waals surface area contributed by atoms with Crippen molar-refractivity contribution in [3.05, 3.63) is 90.9 Å². The van der Waals surface area contributed by atoms with Gasteiger partial charge >= 0.3 is 0 Å². The van der Waals surface area contributed by atoms with E-state index in [0.717, 1.165) is 22.0 Å². The number of fused-ring (bicyclic) bond motifs is 2. The van der Waals surface area contributed by atoms with Crippen LogP contribution in [0.15, 0.2) is 85.2 Å². The van der Waals surface area contributed by atoms with Gasteiger partial charge in [0.15, 0.2) is 0 Å². The van der Waals surface area contributed by atoms with Crippen LogP contribution in [0.2, 0.25) is 0 Å². The van der Waals surface area contributed by atoms with Crippen LogP contribution in [0.5, 0.6) is 11.5 Å². The van der Waals surface area contributed by atoms with Crippen LogP contribution in [0.3, 0.4) is 0 Å². The van der Waals surface area contributed by atoms with Gasteiger partial charge in [0.1, 0.15) is 17.2 Å². The Bertz CT molecular complexity index is 1450. The number of anilines is 2. The van der Waals surface area contributed by atoms with Gasteiger partial charge in [-0.15, -0.1) is 0 Å². The summed E-state index contributed by atoms with van der Waals surface area (Å²) in [6, 6.07) is 23.2. The number of benzene rings is 3. The van der Waals surface area contributed by atoms with Crippen LogP contribution in [0.25, 0.3) is 21.7 Å². The molecule has 0 aliphatic rings. The Kier molecular flexibility index (Phi) is 5.05. The molecule has 7 heteroatoms. The van der Waals surface area contributed by atoms with Crippen molar-refractivity contribution >= 4 is 39.2 Å². The lowest BCUT2D eigenvalue weighted by Gasteiger charge is -2.09. The molecule has 7 nitrogen and oxygen atoms in total. The highest BCUT2D eigenvalue weighted by molar-refractivity contribution is 5.92. The van der Waals surface area contributed by atoms with Crippen LogP contribution >= 0.6 is 0 Å². The minimum absolute atomic E-state index is 0.270. The fraction of sp³-hybridized carbons (Fsp3) is 0.0400. The number of amides is 1. The first-order valence-electron chi connectivity index (χ1n) is 10.1. The highest BCUT2D eigenvalue weighted by atomic mass is 16.5. The highest BCUT2D eigenvalue weighted by Crippen LogP contribution is 2.26. The number of carbonyl (C=O) groups is 1. The second kappa shape index (κ2) is 8.31. The van der Waals surface area contributed by atoms with Gasteiger partial charge in [-0.05, 0) is 47.2 Å². The first-order valence-corrected chi connectivity index (χ1v) is 10.1. The van der Waals surface area contributed by atoms with Crippen LogP contribution in [-0.2, 0) is 0 Å². The zero-order valence-corrected chi connectivity index (χ0v) is 17.2. The summed E-state index contributed by atoms with van der Waals surface area (Å²) in [5, 5.41) is 8.99. The highest BCUT2D eigenvalue weighted by Gasteiger charge is 2.08. The van der Waals surface area contributed by atoms with Gasteiger partial charge in [-0.2, -0.15) is 0 Å². The fourth-order valence-electron chi connectivity index (χ4n) is 3.39. The van der Waals surface area contributed by atoms with E-state index in [-0.39, 0.29) is 5.91 Å². The maximum atomic E-state index is 11.8. The van der Waals surface area contributed by atoms with Crippen LogP contribution < -0.4 is 15.4 Å². The number of rotatable bonds is 5. The molecule has 156 valence electrons. The molecule has 2 aromatic heterocycles. The van der Waals surface area contributed by atoms with Gasteiger partial charge in [-0.1, -0.05) is 30.3 Å². The summed E-state index contributed by atoms with van der Waals surface area (Å²) in [6.07, 6.45) is 3.29. The van der Waals surface area contributed by atoms with Crippen molar-refractivity contribution in [2.24, 2.45) is 0 Å². The molecule has 0 bridgehead atoms. The summed E-state index contributed by atoms with van der Waals surface area (Å²) in [6.45, 7) is 0. The zero-order valence-electron chi connectivity index (χ0n) is 17.2. The Balaban J connectivity index is 1.36. The van der Waals surface area contributed by atoms with Gasteiger partial charge in [0.2, 0.25) is 5.95 Å². The van der Waals surface area contributed by atoms with E-state index in [2.05, 4.69) is 49.9 Å². The topological polar surface area (TPSA) is 89.0 Å². The first-order chi connectivity index (χ1) is 15.7. The molecule has 3 aromatic carbocycles. The van der Waals surface area contributed by atoms with Gasteiger partial charge in [0.05, 0.1) is 5.52 Å². The van der Waals surface area contributed by atoms with Crippen molar-refractivity contribution in [1.29, 1.82) is 0 Å². The number of ether oxygens (including phenoxy) is 1. The average Bonchev–Trinajstić information content (AvgIpc) is 2.83. The minimum atomic E-state index is -0.270. The molecule has 0 radical (unpaired) electrons. The smallest absolute Gasteiger partial charge is 0.269 e. The summed E-state index contributed by atoms with van der Waals surface area (Å²) in [5.41, 5.74) is 2.00. The van der Waals surface area contributed by atoms with Gasteiger partial charge in [-0.25, -0.2) is 9.97 Å². The van der Waals surface area contributed by atoms with Crippen molar-refractivity contribution < 1.29 is 9.53 Å². The maximum Gasteiger partial charge on any atom is 0.269 e. The molecule has 5 rings (SSSR count). The molecule has 0 unspecified atom stereocenters. The minimum Gasteiger partial charge on any atom is -0.457 e. The molecule has 32 heavy (non-hydrogen) atoms. The van der Waals surface area contributed by atoms with Gasteiger partial charge in [0.25, 0.3) is 5.91 Å². The van der Waals surface area contributed by atoms with Gasteiger partial charge in [0, 0.05) is 36.6 Å². The lowest BCUT2D eigenvalue weighted by molar-refractivity contribution is 0.0958. The average molecular weight is 421 g/mol. The van der Waals surface area contributed by atoms with E-state index in [4.69, 9.17) is 4.74 Å². The van der Waals surface area contributed by atoms with Crippen LogP contribution in [-0.4, -0.2) is 27.9 Å². The third-order valence-electron chi connectivity index (χ3n) is 4.98. The largest absolute Gasteiger partial charge is 0.457 e. The van der Waals surface area contributed by atoms with E-state index in [1.807, 2.05) is 36.4 Å². The van der Waals surface area contributed by atoms with Crippen LogP contribution in [0, 0.1) is 0 Å². The van der Waals surface area contributed by atoms with E-state index in [1.54, 1.807) is 25.4 Å². The Hall–Kier alpha value is -4.52. The van der Waals surface area contributed by atoms with Crippen molar-refractivity contribution in [1.82, 2.24) is 20.3 Å². The van der Waals surface area contributed by atoms with Crippen molar-refractivity contribution in [3.63, 3.8) is 0 Å². The lowest BCUT2D eigenvalue weighted by Crippen LogP contribution is -2.18. The lowest BCUT2D eigenvalue weighted by atomic mass is 10.1. The molecule has 2 heterocycles. The first kappa shape index (κ1) is 19.4. The Labute approximate surface area is 184 Å². The molecule has 1 amide bonds. The Morgan fingerprint density at radius 3 is 2.56 bits per heavy atom. The fourth-order valence-corrected chi connectivity index (χ4v) is 3.39. The van der Waals surface area contributed by atoms with E-state index in [9.17, 15) is 4.79 Å². The number of aromatic nitrogens is 3. The van der Waals surface area contributed by atoms with E-state index < -0.39 is 0 Å². The van der Waals surface area contributed by atoms with Gasteiger partial charge in [-0.3, -0.25) is 9.78 Å². The third kappa shape index (κ3) is 4.04. The number of carbonyl (C=O) groups excluding carboxylic acids is 1. The Morgan fingerprint density at radius 2 is 1.69 bits per heavy atom. The molecular formula is C25H19N5O2. The molecule has 5 aromatic rings. The summed E-state index contributed by atoms with van der Waals surface area (Å²) in [5.74, 6) is 1.39. The monoisotopic (exact) mass is 421 g/mol. The zero-order chi connectivity index (χ0) is 21.9. The van der Waals surface area contributed by atoms with E-state index in [1.165, 1.54) is 11.6 Å². The predicted octanol–water partition coefficient (Wildman–Crippen LogP) is 5.07. The molecule has 2 N–H and O–H groups in total. The quantitative estimate of drug-likeness (QED) is 0.412. The van der Waals surface area contributed by atoms with Crippen molar-refractivity contribution in [2.45, 2.75) is 0 Å². The number of pyridine rings is 1. The molecule has 0 atom stereocenters. The molecular weight excluding hydrogens is 402 g/mol. The van der Waals surface area contributed by atoms with Crippen molar-refractivity contribution in [3.8, 4) is 11.5 Å². The van der Waals surface area contributed by atoms with E-state index >= 15 is 0 Å². The SMILES string of the molecule is CNC(=O)c1cc(Oc2ccc3nc(Nc4ccc5ccccc5c4)ncc3c2)ccn1. The Morgan fingerprint density at radius 1 is 0.844 bits per heavy atom. The summed E-state index contributed by atoms with van der Waals surface area (Å²) in [4.78, 5) is 24.9. The molecule has 0 saturated heterocycles.